The number of hydrogen-bond donors (Lipinski definition) is 4. The molecule has 286 valence electrons. The molecule has 14 nitrogen and oxygen atoms in total. The summed E-state index contributed by atoms with van der Waals surface area (Å²) in [5, 5.41) is 11.5. The number of carbonyl (C=O) groups is 5. The van der Waals surface area contributed by atoms with Crippen molar-refractivity contribution in [2.45, 2.75) is 140 Å². The van der Waals surface area contributed by atoms with Gasteiger partial charge in [0.2, 0.25) is 27.6 Å². The van der Waals surface area contributed by atoms with Crippen molar-refractivity contribution in [3.63, 3.8) is 0 Å². The van der Waals surface area contributed by atoms with Crippen molar-refractivity contribution in [2.75, 3.05) is 38.6 Å². The van der Waals surface area contributed by atoms with E-state index in [0.717, 1.165) is 70.6 Å². The number of hydrogen-bond acceptors (Lipinski definition) is 8. The van der Waals surface area contributed by atoms with Crippen molar-refractivity contribution in [3.8, 4) is 0 Å². The summed E-state index contributed by atoms with van der Waals surface area (Å²) in [5.41, 5.74) is -1.16. The molecule has 0 aromatic heterocycles. The van der Waals surface area contributed by atoms with Gasteiger partial charge in [-0.2, -0.15) is 0 Å². The predicted octanol–water partition coefficient (Wildman–Crippen LogP) is 1.97. The number of fused-ring (bicyclic) bond motifs is 3. The van der Waals surface area contributed by atoms with Crippen LogP contribution in [0.3, 0.4) is 0 Å². The first-order valence-electron chi connectivity index (χ1n) is 19.4. The molecule has 0 spiro atoms. The minimum atomic E-state index is -3.60. The lowest BCUT2D eigenvalue weighted by atomic mass is 9.83. The molecule has 0 bridgehead atoms. The van der Waals surface area contributed by atoms with E-state index in [1.807, 2.05) is 0 Å². The molecular formula is C36H58N6O8S. The zero-order valence-corrected chi connectivity index (χ0v) is 31.2. The van der Waals surface area contributed by atoms with Crippen LogP contribution in [-0.4, -0.2) is 115 Å². The number of nitrogens with one attached hydrogen (secondary N) is 4. The number of ketones is 1. The lowest BCUT2D eigenvalue weighted by Gasteiger charge is -2.39. The third kappa shape index (κ3) is 8.89. The van der Waals surface area contributed by atoms with E-state index in [9.17, 15) is 32.4 Å². The number of piperidine rings is 1. The number of rotatable bonds is 8. The lowest BCUT2D eigenvalue weighted by Crippen LogP contribution is -2.62. The van der Waals surface area contributed by atoms with Crippen molar-refractivity contribution >= 4 is 39.6 Å². The van der Waals surface area contributed by atoms with Crippen LogP contribution in [0.4, 0.5) is 4.79 Å². The largest absolute Gasteiger partial charge is 0.379 e. The van der Waals surface area contributed by atoms with Crippen molar-refractivity contribution in [2.24, 2.45) is 17.3 Å². The second kappa shape index (κ2) is 15.7. The Hall–Kier alpha value is -2.78. The molecule has 6 fully saturated rings. The number of Topliss-reactive ketones (excluding diaryl/α,β-unsaturated/α-hetero) is 1. The maximum atomic E-state index is 14.4. The molecule has 3 saturated heterocycles. The molecule has 4 N–H and O–H groups in total. The van der Waals surface area contributed by atoms with Crippen LogP contribution in [0.5, 0.6) is 0 Å². The SMILES string of the molecule is CC1(C)[C@@H]2[C@H]3C(=O)N[C@@H](C(=O)C(=O)NC4CC4)CCCCCCCOC[C@@H](NC(=O)NC4(CS(=O)(=O)N5CCCC5)CCCCC4)C(=O)N3C[C@@H]21. The van der Waals surface area contributed by atoms with Gasteiger partial charge in [0.25, 0.3) is 5.91 Å². The molecule has 0 radical (unpaired) electrons. The standard InChI is InChI=1S/C36H58N6O8S/c1-35(2)25-21-42-29(28(25)35)31(44)38-26(30(43)32(45)37-24-14-15-24)13-7-4-3-5-12-20-50-22-27(33(42)46)39-34(47)40-36(16-8-6-9-17-36)23-51(48,49)41-18-10-11-19-41/h24-29H,3-23H2,1-2H3,(H,37,45)(H,38,44)(H2,39,40,47)/t25-,26+,27+,28-,29-/m0/s1. The van der Waals surface area contributed by atoms with Crippen LogP contribution >= 0.6 is 0 Å². The molecule has 5 atom stereocenters. The van der Waals surface area contributed by atoms with Gasteiger partial charge < -0.3 is 30.9 Å². The summed E-state index contributed by atoms with van der Waals surface area (Å²) in [7, 11) is -3.60. The first-order chi connectivity index (χ1) is 24.3. The molecule has 15 heteroatoms. The fourth-order valence-electron chi connectivity index (χ4n) is 9.02. The van der Waals surface area contributed by atoms with Gasteiger partial charge >= 0.3 is 6.03 Å². The van der Waals surface area contributed by atoms with Gasteiger partial charge in [0.1, 0.15) is 12.1 Å². The second-order valence-corrected chi connectivity index (χ2v) is 18.5. The highest BCUT2D eigenvalue weighted by molar-refractivity contribution is 7.89. The van der Waals surface area contributed by atoms with Crippen LogP contribution in [-0.2, 0) is 33.9 Å². The Morgan fingerprint density at radius 2 is 1.55 bits per heavy atom. The van der Waals surface area contributed by atoms with Crippen molar-refractivity contribution in [1.82, 2.24) is 30.5 Å². The molecule has 0 aromatic rings. The summed E-state index contributed by atoms with van der Waals surface area (Å²) in [4.78, 5) is 69.9. The normalized spacial score (nSPS) is 31.9. The average molecular weight is 735 g/mol. The fourth-order valence-corrected chi connectivity index (χ4v) is 11.1. The monoisotopic (exact) mass is 734 g/mol. The van der Waals surface area contributed by atoms with Crippen LogP contribution < -0.4 is 21.3 Å². The van der Waals surface area contributed by atoms with Crippen LogP contribution in [0.15, 0.2) is 0 Å². The Morgan fingerprint density at radius 1 is 0.882 bits per heavy atom. The number of carbonyl (C=O) groups excluding carboxylic acids is 5. The summed E-state index contributed by atoms with van der Waals surface area (Å²) in [5.74, 6) is -2.55. The van der Waals surface area contributed by atoms with Crippen LogP contribution in [0.1, 0.15) is 110 Å². The van der Waals surface area contributed by atoms with Crippen molar-refractivity contribution in [1.29, 1.82) is 0 Å². The summed E-state index contributed by atoms with van der Waals surface area (Å²) >= 11 is 0. The first kappa shape index (κ1) is 38.0. The van der Waals surface area contributed by atoms with Gasteiger partial charge in [0.15, 0.2) is 0 Å². The van der Waals surface area contributed by atoms with E-state index in [1.54, 1.807) is 0 Å². The van der Waals surface area contributed by atoms with E-state index in [4.69, 9.17) is 4.74 Å². The molecule has 6 aliphatic rings. The molecular weight excluding hydrogens is 676 g/mol. The molecule has 5 amide bonds. The van der Waals surface area contributed by atoms with Crippen LogP contribution in [0.2, 0.25) is 0 Å². The minimum absolute atomic E-state index is 0.00522. The van der Waals surface area contributed by atoms with E-state index >= 15 is 0 Å². The second-order valence-electron chi connectivity index (χ2n) is 16.5. The Labute approximate surface area is 302 Å². The van der Waals surface area contributed by atoms with Gasteiger partial charge in [0.05, 0.1) is 23.9 Å². The Bertz CT molecular complexity index is 1440. The van der Waals surface area contributed by atoms with E-state index in [2.05, 4.69) is 35.1 Å². The molecule has 0 aromatic carbocycles. The van der Waals surface area contributed by atoms with Gasteiger partial charge in [-0.05, 0) is 68.6 Å². The third-order valence-electron chi connectivity index (χ3n) is 12.3. The minimum Gasteiger partial charge on any atom is -0.379 e. The molecule has 3 saturated carbocycles. The van der Waals surface area contributed by atoms with E-state index in [0.29, 0.717) is 51.9 Å². The molecule has 3 aliphatic carbocycles. The van der Waals surface area contributed by atoms with Crippen LogP contribution in [0, 0.1) is 17.3 Å². The van der Waals surface area contributed by atoms with Gasteiger partial charge in [-0.25, -0.2) is 17.5 Å². The first-order valence-corrected chi connectivity index (χ1v) is 21.0. The van der Waals surface area contributed by atoms with E-state index in [-0.39, 0.29) is 35.7 Å². The smallest absolute Gasteiger partial charge is 0.315 e. The number of sulfonamides is 1. The summed E-state index contributed by atoms with van der Waals surface area (Å²) < 4.78 is 34.3. The fraction of sp³-hybridized carbons (Fsp3) is 0.861. The Balaban J connectivity index is 1.20. The topological polar surface area (TPSA) is 183 Å². The quantitative estimate of drug-likeness (QED) is 0.273. The lowest BCUT2D eigenvalue weighted by molar-refractivity contribution is -0.144. The summed E-state index contributed by atoms with van der Waals surface area (Å²) in [6.07, 6.45) is 11.2. The van der Waals surface area contributed by atoms with Crippen molar-refractivity contribution in [3.05, 3.63) is 0 Å². The zero-order valence-electron chi connectivity index (χ0n) is 30.4. The highest BCUT2D eigenvalue weighted by atomic mass is 32.2. The molecule has 6 rings (SSSR count). The van der Waals surface area contributed by atoms with Gasteiger partial charge in [-0.3, -0.25) is 19.2 Å². The van der Waals surface area contributed by atoms with Crippen molar-refractivity contribution < 1.29 is 37.1 Å². The molecule has 51 heavy (non-hydrogen) atoms. The molecule has 3 aliphatic heterocycles. The molecule has 3 heterocycles. The number of nitrogens with zero attached hydrogens (tertiary/aromatic N) is 2. The Morgan fingerprint density at radius 3 is 2.25 bits per heavy atom. The average Bonchev–Trinajstić information content (AvgIpc) is 3.76. The summed E-state index contributed by atoms with van der Waals surface area (Å²) in [6.45, 7) is 5.71. The maximum absolute atomic E-state index is 14.4. The number of urea groups is 1. The van der Waals surface area contributed by atoms with E-state index < -0.39 is 63.2 Å². The number of ether oxygens (including phenoxy) is 1. The summed E-state index contributed by atoms with van der Waals surface area (Å²) in [6, 6.07) is -3.62. The van der Waals surface area contributed by atoms with Gasteiger partial charge in [-0.1, -0.05) is 58.8 Å². The van der Waals surface area contributed by atoms with Gasteiger partial charge in [-0.15, -0.1) is 0 Å². The zero-order chi connectivity index (χ0) is 36.4. The Kier molecular flexibility index (Phi) is 11.7. The van der Waals surface area contributed by atoms with E-state index in [1.165, 1.54) is 9.21 Å². The maximum Gasteiger partial charge on any atom is 0.315 e. The van der Waals surface area contributed by atoms with Gasteiger partial charge in [0, 0.05) is 32.3 Å². The third-order valence-corrected chi connectivity index (χ3v) is 14.4. The highest BCUT2D eigenvalue weighted by Crippen LogP contribution is 2.65. The predicted molar refractivity (Wildman–Crippen MR) is 189 cm³/mol. The van der Waals surface area contributed by atoms with Crippen LogP contribution in [0.25, 0.3) is 0 Å². The molecule has 0 unspecified atom stereocenters. The highest BCUT2D eigenvalue weighted by Gasteiger charge is 2.69. The number of amides is 5.